The highest BCUT2D eigenvalue weighted by molar-refractivity contribution is 5.57. The number of benzene rings is 2. The van der Waals surface area contributed by atoms with Crippen LogP contribution >= 0.6 is 0 Å². The van der Waals surface area contributed by atoms with Crippen LogP contribution in [0.1, 0.15) is 12.5 Å². The fourth-order valence-corrected chi connectivity index (χ4v) is 2.23. The summed E-state index contributed by atoms with van der Waals surface area (Å²) in [5, 5.41) is 3.46. The summed E-state index contributed by atoms with van der Waals surface area (Å²) in [6.45, 7) is 2.10. The van der Waals surface area contributed by atoms with Crippen molar-refractivity contribution < 1.29 is 4.39 Å². The first-order valence-electron chi connectivity index (χ1n) is 6.83. The summed E-state index contributed by atoms with van der Waals surface area (Å²) in [6, 6.07) is 15.3. The van der Waals surface area contributed by atoms with Gasteiger partial charge in [-0.15, -0.1) is 0 Å². The van der Waals surface area contributed by atoms with E-state index in [1.807, 2.05) is 26.2 Å². The van der Waals surface area contributed by atoms with E-state index in [1.165, 1.54) is 6.07 Å². The molecule has 0 bridgehead atoms. The molecule has 1 unspecified atom stereocenters. The van der Waals surface area contributed by atoms with Gasteiger partial charge >= 0.3 is 0 Å². The van der Waals surface area contributed by atoms with Crippen molar-refractivity contribution in [2.45, 2.75) is 19.4 Å². The van der Waals surface area contributed by atoms with Crippen molar-refractivity contribution in [1.82, 2.24) is 0 Å². The van der Waals surface area contributed by atoms with E-state index < -0.39 is 0 Å². The van der Waals surface area contributed by atoms with Gasteiger partial charge in [-0.05, 0) is 49.2 Å². The van der Waals surface area contributed by atoms with E-state index in [1.54, 1.807) is 12.1 Å². The lowest BCUT2D eigenvalue weighted by Gasteiger charge is -2.18. The zero-order valence-corrected chi connectivity index (χ0v) is 12.2. The van der Waals surface area contributed by atoms with Gasteiger partial charge in [0.2, 0.25) is 0 Å². The van der Waals surface area contributed by atoms with Crippen molar-refractivity contribution in [3.8, 4) is 0 Å². The van der Waals surface area contributed by atoms with E-state index in [4.69, 9.17) is 0 Å². The van der Waals surface area contributed by atoms with Crippen LogP contribution in [0, 0.1) is 5.82 Å². The van der Waals surface area contributed by atoms with Crippen LogP contribution in [-0.4, -0.2) is 20.1 Å². The molecule has 0 saturated carbocycles. The number of nitrogens with zero attached hydrogens (tertiary/aromatic N) is 1. The van der Waals surface area contributed by atoms with Gasteiger partial charge in [0, 0.05) is 31.5 Å². The Hall–Kier alpha value is -2.03. The minimum absolute atomic E-state index is 0.177. The summed E-state index contributed by atoms with van der Waals surface area (Å²) < 4.78 is 13.2. The van der Waals surface area contributed by atoms with Gasteiger partial charge in [0.15, 0.2) is 0 Å². The third-order valence-corrected chi connectivity index (χ3v) is 3.21. The first-order chi connectivity index (χ1) is 9.54. The number of halogens is 1. The predicted octanol–water partition coefficient (Wildman–Crippen LogP) is 3.93. The molecule has 0 amide bonds. The highest BCUT2D eigenvalue weighted by atomic mass is 19.1. The van der Waals surface area contributed by atoms with Gasteiger partial charge in [0.1, 0.15) is 5.82 Å². The molecule has 2 nitrogen and oxygen atoms in total. The van der Waals surface area contributed by atoms with Crippen LogP contribution in [0.2, 0.25) is 0 Å². The van der Waals surface area contributed by atoms with E-state index >= 15 is 0 Å². The minimum atomic E-state index is -0.177. The molecule has 1 atom stereocenters. The van der Waals surface area contributed by atoms with E-state index in [0.29, 0.717) is 0 Å². The largest absolute Gasteiger partial charge is 0.382 e. The molecule has 0 aliphatic rings. The zero-order chi connectivity index (χ0) is 14.5. The number of anilines is 2. The topological polar surface area (TPSA) is 15.3 Å². The monoisotopic (exact) mass is 272 g/mol. The third-order valence-electron chi connectivity index (χ3n) is 3.21. The van der Waals surface area contributed by atoms with E-state index in [2.05, 4.69) is 35.3 Å². The SMILES string of the molecule is CC(Cc1cccc(F)c1)Nc1cccc(N(C)C)c1. The second kappa shape index (κ2) is 6.42. The Balaban J connectivity index is 2.01. The number of nitrogens with one attached hydrogen (secondary N) is 1. The Morgan fingerprint density at radius 3 is 2.55 bits per heavy atom. The molecule has 2 aromatic rings. The van der Waals surface area contributed by atoms with Gasteiger partial charge in [-0.3, -0.25) is 0 Å². The van der Waals surface area contributed by atoms with Crippen molar-refractivity contribution in [3.63, 3.8) is 0 Å². The molecule has 0 aliphatic carbocycles. The van der Waals surface area contributed by atoms with Gasteiger partial charge in [-0.25, -0.2) is 4.39 Å². The van der Waals surface area contributed by atoms with Crippen LogP contribution in [0.4, 0.5) is 15.8 Å². The van der Waals surface area contributed by atoms with Crippen LogP contribution in [0.5, 0.6) is 0 Å². The zero-order valence-electron chi connectivity index (χ0n) is 12.2. The summed E-state index contributed by atoms with van der Waals surface area (Å²) >= 11 is 0. The van der Waals surface area contributed by atoms with Crippen LogP contribution in [0.25, 0.3) is 0 Å². The number of hydrogen-bond donors (Lipinski definition) is 1. The van der Waals surface area contributed by atoms with Crippen molar-refractivity contribution >= 4 is 11.4 Å². The molecular weight excluding hydrogens is 251 g/mol. The molecule has 0 aromatic heterocycles. The second-order valence-electron chi connectivity index (χ2n) is 5.32. The van der Waals surface area contributed by atoms with Crippen LogP contribution in [0.15, 0.2) is 48.5 Å². The Kier molecular flexibility index (Phi) is 4.61. The Morgan fingerprint density at radius 1 is 1.10 bits per heavy atom. The second-order valence-corrected chi connectivity index (χ2v) is 5.32. The van der Waals surface area contributed by atoms with Crippen molar-refractivity contribution in [2.24, 2.45) is 0 Å². The maximum absolute atomic E-state index is 13.2. The minimum Gasteiger partial charge on any atom is -0.382 e. The van der Waals surface area contributed by atoms with Crippen molar-refractivity contribution in [3.05, 3.63) is 59.9 Å². The average molecular weight is 272 g/mol. The molecule has 0 fully saturated rings. The summed E-state index contributed by atoms with van der Waals surface area (Å²) in [4.78, 5) is 2.07. The molecule has 2 aromatic carbocycles. The Morgan fingerprint density at radius 2 is 1.85 bits per heavy atom. The molecule has 3 heteroatoms. The first kappa shape index (κ1) is 14.4. The number of hydrogen-bond acceptors (Lipinski definition) is 2. The number of rotatable bonds is 5. The van der Waals surface area contributed by atoms with Crippen LogP contribution in [-0.2, 0) is 6.42 Å². The molecule has 0 spiro atoms. The third kappa shape index (κ3) is 3.98. The molecule has 20 heavy (non-hydrogen) atoms. The maximum atomic E-state index is 13.2. The van der Waals surface area contributed by atoms with Gasteiger partial charge in [-0.2, -0.15) is 0 Å². The smallest absolute Gasteiger partial charge is 0.123 e. The van der Waals surface area contributed by atoms with E-state index in [9.17, 15) is 4.39 Å². The van der Waals surface area contributed by atoms with Crippen LogP contribution in [0.3, 0.4) is 0 Å². The average Bonchev–Trinajstić information content (AvgIpc) is 2.38. The quantitative estimate of drug-likeness (QED) is 0.887. The van der Waals surface area contributed by atoms with Crippen molar-refractivity contribution in [2.75, 3.05) is 24.3 Å². The predicted molar refractivity (Wildman–Crippen MR) is 84.0 cm³/mol. The fraction of sp³-hybridized carbons (Fsp3) is 0.294. The van der Waals surface area contributed by atoms with E-state index in [0.717, 1.165) is 23.4 Å². The molecule has 0 aliphatic heterocycles. The fourth-order valence-electron chi connectivity index (χ4n) is 2.23. The molecule has 0 radical (unpaired) electrons. The summed E-state index contributed by atoms with van der Waals surface area (Å²) in [5.41, 5.74) is 3.25. The summed E-state index contributed by atoms with van der Waals surface area (Å²) in [7, 11) is 4.05. The van der Waals surface area contributed by atoms with Gasteiger partial charge in [0.05, 0.1) is 0 Å². The molecular formula is C17H21FN2. The first-order valence-corrected chi connectivity index (χ1v) is 6.83. The maximum Gasteiger partial charge on any atom is 0.123 e. The van der Waals surface area contributed by atoms with Gasteiger partial charge in [-0.1, -0.05) is 18.2 Å². The molecule has 0 heterocycles. The molecule has 2 rings (SSSR count). The molecule has 1 N–H and O–H groups in total. The Labute approximate surface area is 120 Å². The van der Waals surface area contributed by atoms with Gasteiger partial charge < -0.3 is 10.2 Å². The Bertz CT molecular complexity index is 566. The highest BCUT2D eigenvalue weighted by Crippen LogP contribution is 2.18. The normalized spacial score (nSPS) is 12.0. The summed E-state index contributed by atoms with van der Waals surface area (Å²) in [6.07, 6.45) is 0.796. The lowest BCUT2D eigenvalue weighted by Crippen LogP contribution is -2.18. The standard InChI is InChI=1S/C17H21FN2/c1-13(10-14-6-4-7-15(18)11-14)19-16-8-5-9-17(12-16)20(2)3/h4-9,11-13,19H,10H2,1-3H3. The summed E-state index contributed by atoms with van der Waals surface area (Å²) in [5.74, 6) is -0.177. The van der Waals surface area contributed by atoms with Crippen LogP contribution < -0.4 is 10.2 Å². The molecule has 0 saturated heterocycles. The van der Waals surface area contributed by atoms with Crippen molar-refractivity contribution in [1.29, 1.82) is 0 Å². The highest BCUT2D eigenvalue weighted by Gasteiger charge is 2.05. The molecule has 106 valence electrons. The lowest BCUT2D eigenvalue weighted by molar-refractivity contribution is 0.624. The lowest BCUT2D eigenvalue weighted by atomic mass is 10.1. The van der Waals surface area contributed by atoms with E-state index in [-0.39, 0.29) is 11.9 Å². The van der Waals surface area contributed by atoms with Gasteiger partial charge in [0.25, 0.3) is 0 Å².